The summed E-state index contributed by atoms with van der Waals surface area (Å²) in [5.41, 5.74) is 2.76. The summed E-state index contributed by atoms with van der Waals surface area (Å²) in [5, 5.41) is 6.09. The van der Waals surface area contributed by atoms with Crippen LogP contribution in [0.25, 0.3) is 10.6 Å². The van der Waals surface area contributed by atoms with Crippen LogP contribution >= 0.6 is 36.2 Å². The van der Waals surface area contributed by atoms with Crippen LogP contribution in [0.1, 0.15) is 27.9 Å². The maximum Gasteiger partial charge on any atom is 0.274 e. The summed E-state index contributed by atoms with van der Waals surface area (Å²) in [6.45, 7) is 4.18. The van der Waals surface area contributed by atoms with E-state index in [9.17, 15) is 4.79 Å². The van der Waals surface area contributed by atoms with E-state index in [0.29, 0.717) is 18.8 Å². The van der Waals surface area contributed by atoms with Gasteiger partial charge in [-0.15, -0.1) is 36.2 Å². The minimum atomic E-state index is -0.0826. The SMILES string of the molecule is Cc1ccc(-c2nc(C(=O)N3CCNCC3c3nccn3C)cs2)cc1.Cl.Cl. The molecule has 1 aliphatic rings. The van der Waals surface area contributed by atoms with E-state index in [4.69, 9.17) is 0 Å². The molecule has 9 heteroatoms. The summed E-state index contributed by atoms with van der Waals surface area (Å²) in [4.78, 5) is 24.0. The van der Waals surface area contributed by atoms with E-state index in [1.807, 2.05) is 40.2 Å². The fourth-order valence-corrected chi connectivity index (χ4v) is 4.02. The lowest BCUT2D eigenvalue weighted by molar-refractivity contribution is 0.0615. The molecule has 0 spiro atoms. The van der Waals surface area contributed by atoms with Gasteiger partial charge in [0.2, 0.25) is 0 Å². The number of hydrogen-bond acceptors (Lipinski definition) is 5. The minimum Gasteiger partial charge on any atom is -0.336 e. The topological polar surface area (TPSA) is 63.1 Å². The lowest BCUT2D eigenvalue weighted by Gasteiger charge is -2.35. The number of rotatable bonds is 3. The predicted octanol–water partition coefficient (Wildman–Crippen LogP) is 3.48. The van der Waals surface area contributed by atoms with Crippen LogP contribution in [-0.2, 0) is 7.05 Å². The third-order valence-electron chi connectivity index (χ3n) is 4.68. The molecule has 2 aromatic heterocycles. The van der Waals surface area contributed by atoms with Crippen LogP contribution in [0.3, 0.4) is 0 Å². The first-order valence-electron chi connectivity index (χ1n) is 8.65. The number of piperazine rings is 1. The number of halogens is 2. The Kier molecular flexibility index (Phi) is 7.60. The van der Waals surface area contributed by atoms with Gasteiger partial charge in [-0.2, -0.15) is 0 Å². The molecular weight excluding hydrogens is 417 g/mol. The molecule has 0 bridgehead atoms. The normalized spacial score (nSPS) is 16.2. The van der Waals surface area contributed by atoms with E-state index in [0.717, 1.165) is 22.9 Å². The van der Waals surface area contributed by atoms with E-state index in [1.54, 1.807) is 6.20 Å². The molecule has 1 aliphatic heterocycles. The van der Waals surface area contributed by atoms with Crippen LogP contribution in [0.2, 0.25) is 0 Å². The van der Waals surface area contributed by atoms with Crippen molar-refractivity contribution in [1.29, 1.82) is 0 Å². The molecule has 3 heterocycles. The van der Waals surface area contributed by atoms with Gasteiger partial charge in [0.15, 0.2) is 0 Å². The van der Waals surface area contributed by atoms with Gasteiger partial charge in [-0.1, -0.05) is 29.8 Å². The Hall–Kier alpha value is -1.93. The second-order valence-electron chi connectivity index (χ2n) is 6.52. The molecule has 0 radical (unpaired) electrons. The number of hydrogen-bond donors (Lipinski definition) is 1. The highest BCUT2D eigenvalue weighted by Crippen LogP contribution is 2.27. The molecule has 6 nitrogen and oxygen atoms in total. The Bertz CT molecular complexity index is 925. The second kappa shape index (κ2) is 9.52. The van der Waals surface area contributed by atoms with Crippen molar-refractivity contribution < 1.29 is 4.79 Å². The monoisotopic (exact) mass is 439 g/mol. The summed E-state index contributed by atoms with van der Waals surface area (Å²) >= 11 is 1.51. The fourth-order valence-electron chi connectivity index (χ4n) is 3.22. The molecule has 28 heavy (non-hydrogen) atoms. The molecule has 0 saturated carbocycles. The molecule has 1 atom stereocenters. The van der Waals surface area contributed by atoms with Crippen molar-refractivity contribution in [3.63, 3.8) is 0 Å². The number of aryl methyl sites for hydroxylation is 2. The molecule has 1 saturated heterocycles. The van der Waals surface area contributed by atoms with Gasteiger partial charge < -0.3 is 14.8 Å². The van der Waals surface area contributed by atoms with Crippen molar-refractivity contribution in [2.24, 2.45) is 7.05 Å². The first kappa shape index (κ1) is 22.4. The van der Waals surface area contributed by atoms with Gasteiger partial charge in [0.05, 0.1) is 0 Å². The quantitative estimate of drug-likeness (QED) is 0.678. The van der Waals surface area contributed by atoms with E-state index < -0.39 is 0 Å². The summed E-state index contributed by atoms with van der Waals surface area (Å²) < 4.78 is 1.97. The predicted molar refractivity (Wildman–Crippen MR) is 117 cm³/mol. The van der Waals surface area contributed by atoms with Crippen molar-refractivity contribution in [3.05, 3.63) is 59.1 Å². The number of amides is 1. The number of thiazole rings is 1. The van der Waals surface area contributed by atoms with Gasteiger partial charge in [-0.25, -0.2) is 9.97 Å². The zero-order chi connectivity index (χ0) is 18.1. The number of nitrogens with zero attached hydrogens (tertiary/aromatic N) is 4. The zero-order valence-corrected chi connectivity index (χ0v) is 18.1. The standard InChI is InChI=1S/C19H21N5OS.2ClH/c1-13-3-5-14(6-4-13)18-22-15(12-26-18)19(25)24-10-7-20-11-16(24)17-21-8-9-23(17)2;;/h3-6,8-9,12,16,20H,7,10-11H2,1-2H3;2*1H. The van der Waals surface area contributed by atoms with Gasteiger partial charge >= 0.3 is 0 Å². The van der Waals surface area contributed by atoms with E-state index in [1.165, 1.54) is 16.9 Å². The van der Waals surface area contributed by atoms with Crippen LogP contribution in [0.4, 0.5) is 0 Å². The minimum absolute atomic E-state index is 0. The van der Waals surface area contributed by atoms with Crippen LogP contribution < -0.4 is 5.32 Å². The van der Waals surface area contributed by atoms with Crippen molar-refractivity contribution in [2.45, 2.75) is 13.0 Å². The van der Waals surface area contributed by atoms with Crippen LogP contribution in [0.15, 0.2) is 42.0 Å². The average Bonchev–Trinajstić information content (AvgIpc) is 3.31. The van der Waals surface area contributed by atoms with Crippen molar-refractivity contribution in [2.75, 3.05) is 19.6 Å². The molecule has 0 aliphatic carbocycles. The third kappa shape index (κ3) is 4.38. The maximum atomic E-state index is 13.1. The molecule has 1 amide bonds. The van der Waals surface area contributed by atoms with E-state index in [2.05, 4.69) is 34.3 Å². The molecule has 1 fully saturated rings. The Morgan fingerprint density at radius 2 is 2.00 bits per heavy atom. The van der Waals surface area contributed by atoms with Crippen LogP contribution in [0, 0.1) is 6.92 Å². The highest BCUT2D eigenvalue weighted by molar-refractivity contribution is 7.13. The van der Waals surface area contributed by atoms with Gasteiger partial charge in [0.1, 0.15) is 22.6 Å². The Balaban J connectivity index is 0.00000140. The zero-order valence-electron chi connectivity index (χ0n) is 15.7. The molecular formula is C19H23Cl2N5OS. The highest BCUT2D eigenvalue weighted by Gasteiger charge is 2.32. The number of nitrogens with one attached hydrogen (secondary N) is 1. The summed E-state index contributed by atoms with van der Waals surface area (Å²) in [6, 6.07) is 8.13. The number of benzene rings is 1. The third-order valence-corrected chi connectivity index (χ3v) is 5.57. The van der Waals surface area contributed by atoms with Crippen LogP contribution in [0.5, 0.6) is 0 Å². The Morgan fingerprint density at radius 3 is 2.68 bits per heavy atom. The van der Waals surface area contributed by atoms with Crippen LogP contribution in [-0.4, -0.2) is 45.0 Å². The molecule has 150 valence electrons. The average molecular weight is 440 g/mol. The molecule has 3 aromatic rings. The van der Waals surface area contributed by atoms with Crippen molar-refractivity contribution in [3.8, 4) is 10.6 Å². The Morgan fingerprint density at radius 1 is 1.25 bits per heavy atom. The van der Waals surface area contributed by atoms with Crippen molar-refractivity contribution >= 4 is 42.1 Å². The summed E-state index contributed by atoms with van der Waals surface area (Å²) in [5.74, 6) is 0.855. The largest absolute Gasteiger partial charge is 0.336 e. The number of carbonyl (C=O) groups excluding carboxylic acids is 1. The fraction of sp³-hybridized carbons (Fsp3) is 0.316. The molecule has 4 rings (SSSR count). The van der Waals surface area contributed by atoms with Gasteiger partial charge in [0.25, 0.3) is 5.91 Å². The smallest absolute Gasteiger partial charge is 0.274 e. The summed E-state index contributed by atoms with van der Waals surface area (Å²) in [7, 11) is 1.96. The number of aromatic nitrogens is 3. The first-order chi connectivity index (χ1) is 12.6. The van der Waals surface area contributed by atoms with Gasteiger partial charge in [-0.05, 0) is 6.92 Å². The van der Waals surface area contributed by atoms with E-state index in [-0.39, 0.29) is 36.8 Å². The molecule has 1 unspecified atom stereocenters. The number of carbonyl (C=O) groups is 1. The lowest BCUT2D eigenvalue weighted by Crippen LogP contribution is -2.49. The molecule has 1 aromatic carbocycles. The van der Waals surface area contributed by atoms with Gasteiger partial charge in [-0.3, -0.25) is 4.79 Å². The highest BCUT2D eigenvalue weighted by atomic mass is 35.5. The second-order valence-corrected chi connectivity index (χ2v) is 7.38. The number of imidazole rings is 1. The van der Waals surface area contributed by atoms with E-state index >= 15 is 0 Å². The lowest BCUT2D eigenvalue weighted by atomic mass is 10.1. The molecule has 1 N–H and O–H groups in total. The van der Waals surface area contributed by atoms with Crippen molar-refractivity contribution in [1.82, 2.24) is 24.8 Å². The first-order valence-corrected chi connectivity index (χ1v) is 9.53. The van der Waals surface area contributed by atoms with Gasteiger partial charge in [0, 0.05) is 50.0 Å². The maximum absolute atomic E-state index is 13.1. The Labute approximate surface area is 180 Å². The summed E-state index contributed by atoms with van der Waals surface area (Å²) in [6.07, 6.45) is 3.68.